The van der Waals surface area contributed by atoms with E-state index in [1.165, 1.54) is 16.7 Å². The molecule has 0 aliphatic heterocycles. The second-order valence-corrected chi connectivity index (χ2v) is 3.10. The maximum absolute atomic E-state index is 3.02. The molecule has 2 aromatic carbocycles. The van der Waals surface area contributed by atoms with Gasteiger partial charge < -0.3 is 17.0 Å². The number of hydrogen-bond donors (Lipinski definition) is 0. The Morgan fingerprint density at radius 1 is 0.933 bits per heavy atom. The smallest absolute Gasteiger partial charge is 1.00 e. The zero-order chi connectivity index (χ0) is 9.10. The van der Waals surface area contributed by atoms with Gasteiger partial charge in [-0.2, -0.15) is 30.3 Å². The van der Waals surface area contributed by atoms with Crippen molar-refractivity contribution in [3.8, 4) is 11.1 Å². The zero-order valence-corrected chi connectivity index (χ0v) is 11.7. The molecule has 2 rings (SSSR count). The summed E-state index contributed by atoms with van der Waals surface area (Å²) in [6, 6.07) is 19.5. The zero-order valence-electron chi connectivity index (χ0n) is 8.70. The second-order valence-electron chi connectivity index (χ2n) is 3.10. The monoisotopic (exact) mass is 270 g/mol. The average molecular weight is 271 g/mol. The molecule has 0 fully saturated rings. The molecule has 0 heterocycles. The van der Waals surface area contributed by atoms with Crippen molar-refractivity contribution in [2.24, 2.45) is 0 Å². The van der Waals surface area contributed by atoms with Gasteiger partial charge in [-0.3, -0.25) is 0 Å². The first-order chi connectivity index (χ1) is 6.38. The van der Waals surface area contributed by atoms with E-state index in [2.05, 4.69) is 49.4 Å². The molecule has 15 heavy (non-hydrogen) atoms. The summed E-state index contributed by atoms with van der Waals surface area (Å²) in [5.74, 6) is 0. The van der Waals surface area contributed by atoms with Crippen LogP contribution in [-0.2, 0) is 0 Å². The molecule has 0 atom stereocenters. The van der Waals surface area contributed by atoms with Crippen molar-refractivity contribution in [2.45, 2.75) is 6.92 Å². The fraction of sp³-hybridized carbons (Fsp3) is 0.0769. The number of aryl methyl sites for hydroxylation is 1. The Kier molecular flexibility index (Phi) is 6.89. The second kappa shape index (κ2) is 7.04. The summed E-state index contributed by atoms with van der Waals surface area (Å²) in [7, 11) is 0. The van der Waals surface area contributed by atoms with Crippen LogP contribution in [0.3, 0.4) is 0 Å². The summed E-state index contributed by atoms with van der Waals surface area (Å²) >= 11 is 0. The van der Waals surface area contributed by atoms with Gasteiger partial charge in [-0.25, -0.2) is 0 Å². The van der Waals surface area contributed by atoms with Gasteiger partial charge in [0.25, 0.3) is 0 Å². The molecule has 0 nitrogen and oxygen atoms in total. The predicted molar refractivity (Wildman–Crippen MR) is 61.2 cm³/mol. The molecule has 0 radical (unpaired) electrons. The SMILES string of the molecule is Cc1ccccc1-c1cc[c-]cc1.[Br-].[Mg+2]. The van der Waals surface area contributed by atoms with E-state index in [1.54, 1.807) is 0 Å². The van der Waals surface area contributed by atoms with Gasteiger partial charge in [-0.05, 0) is 18.1 Å². The molecule has 0 saturated carbocycles. The summed E-state index contributed by atoms with van der Waals surface area (Å²) in [6.07, 6.45) is 0. The van der Waals surface area contributed by atoms with Crippen LogP contribution in [0.2, 0.25) is 0 Å². The molecular formula is C13H11BrMg. The standard InChI is InChI=1S/C13H11.BrH.Mg/c1-11-7-5-6-10-13(11)12-8-3-2-4-9-12;;/h3-10H,1H3;1H;/q-1;;+2/p-1. The largest absolute Gasteiger partial charge is 2.00 e. The molecule has 2 aromatic rings. The molecule has 0 unspecified atom stereocenters. The molecule has 0 amide bonds. The van der Waals surface area contributed by atoms with Crippen LogP contribution in [0.4, 0.5) is 0 Å². The Labute approximate surface area is 118 Å². The number of hydrogen-bond acceptors (Lipinski definition) is 0. The van der Waals surface area contributed by atoms with E-state index >= 15 is 0 Å². The van der Waals surface area contributed by atoms with E-state index in [0.29, 0.717) is 0 Å². The van der Waals surface area contributed by atoms with Crippen LogP contribution >= 0.6 is 0 Å². The van der Waals surface area contributed by atoms with Crippen LogP contribution in [0.15, 0.2) is 48.5 Å². The third-order valence-electron chi connectivity index (χ3n) is 2.17. The Morgan fingerprint density at radius 3 is 2.13 bits per heavy atom. The molecule has 0 bridgehead atoms. The maximum atomic E-state index is 3.02. The van der Waals surface area contributed by atoms with Crippen LogP contribution in [-0.4, -0.2) is 23.1 Å². The molecule has 0 aliphatic rings. The first kappa shape index (κ1) is 14.7. The number of benzene rings is 2. The van der Waals surface area contributed by atoms with Crippen LogP contribution in [0, 0.1) is 13.0 Å². The van der Waals surface area contributed by atoms with E-state index in [4.69, 9.17) is 0 Å². The Hall–Kier alpha value is -0.314. The topological polar surface area (TPSA) is 0 Å². The van der Waals surface area contributed by atoms with Crippen molar-refractivity contribution in [1.82, 2.24) is 0 Å². The van der Waals surface area contributed by atoms with Gasteiger partial charge in [0.1, 0.15) is 0 Å². The Balaban J connectivity index is 0.000000980. The Bertz CT molecular complexity index is 398. The molecule has 72 valence electrons. The van der Waals surface area contributed by atoms with Gasteiger partial charge in [-0.1, -0.05) is 24.3 Å². The first-order valence-corrected chi connectivity index (χ1v) is 4.40. The van der Waals surface area contributed by atoms with Gasteiger partial charge in [-0.15, -0.1) is 5.56 Å². The van der Waals surface area contributed by atoms with Crippen molar-refractivity contribution in [2.75, 3.05) is 0 Å². The van der Waals surface area contributed by atoms with Crippen molar-refractivity contribution in [3.05, 3.63) is 60.2 Å². The van der Waals surface area contributed by atoms with Gasteiger partial charge in [0.2, 0.25) is 0 Å². The van der Waals surface area contributed by atoms with Crippen molar-refractivity contribution < 1.29 is 17.0 Å². The fourth-order valence-electron chi connectivity index (χ4n) is 1.46. The number of rotatable bonds is 1. The van der Waals surface area contributed by atoms with Crippen LogP contribution in [0.5, 0.6) is 0 Å². The third-order valence-corrected chi connectivity index (χ3v) is 2.17. The summed E-state index contributed by atoms with van der Waals surface area (Å²) < 4.78 is 0. The maximum Gasteiger partial charge on any atom is 2.00 e. The van der Waals surface area contributed by atoms with E-state index < -0.39 is 0 Å². The molecule has 0 aromatic heterocycles. The minimum absolute atomic E-state index is 0. The number of halogens is 1. The fourth-order valence-corrected chi connectivity index (χ4v) is 1.46. The summed E-state index contributed by atoms with van der Waals surface area (Å²) in [6.45, 7) is 2.13. The van der Waals surface area contributed by atoms with Crippen LogP contribution in [0.25, 0.3) is 11.1 Å². The van der Waals surface area contributed by atoms with Crippen LogP contribution < -0.4 is 17.0 Å². The van der Waals surface area contributed by atoms with Gasteiger partial charge in [0, 0.05) is 0 Å². The van der Waals surface area contributed by atoms with E-state index in [1.807, 2.05) is 12.1 Å². The van der Waals surface area contributed by atoms with E-state index in [-0.39, 0.29) is 40.0 Å². The third kappa shape index (κ3) is 3.63. The molecule has 0 aliphatic carbocycles. The van der Waals surface area contributed by atoms with Crippen molar-refractivity contribution >= 4 is 23.1 Å². The van der Waals surface area contributed by atoms with E-state index in [0.717, 1.165) is 0 Å². The molecule has 0 spiro atoms. The molecular weight excluding hydrogens is 260 g/mol. The minimum atomic E-state index is 0. The summed E-state index contributed by atoms with van der Waals surface area (Å²) in [4.78, 5) is 0. The minimum Gasteiger partial charge on any atom is -1.00 e. The van der Waals surface area contributed by atoms with Crippen LogP contribution in [0.1, 0.15) is 5.56 Å². The summed E-state index contributed by atoms with van der Waals surface area (Å²) in [5, 5.41) is 0. The Morgan fingerprint density at radius 2 is 1.53 bits per heavy atom. The van der Waals surface area contributed by atoms with Crippen molar-refractivity contribution in [3.63, 3.8) is 0 Å². The quantitative estimate of drug-likeness (QED) is 0.509. The molecule has 0 saturated heterocycles. The van der Waals surface area contributed by atoms with Gasteiger partial charge in [0.05, 0.1) is 0 Å². The molecule has 0 N–H and O–H groups in total. The van der Waals surface area contributed by atoms with Gasteiger partial charge in [0.15, 0.2) is 0 Å². The average Bonchev–Trinajstić information content (AvgIpc) is 2.20. The predicted octanol–water partition coefficient (Wildman–Crippen LogP) is 0.0854. The molecule has 2 heteroatoms. The summed E-state index contributed by atoms with van der Waals surface area (Å²) in [5.41, 5.74) is 3.88. The normalized spacial score (nSPS) is 8.60. The van der Waals surface area contributed by atoms with E-state index in [9.17, 15) is 0 Å². The van der Waals surface area contributed by atoms with Crippen molar-refractivity contribution in [1.29, 1.82) is 0 Å². The van der Waals surface area contributed by atoms with Gasteiger partial charge >= 0.3 is 23.1 Å². The first-order valence-electron chi connectivity index (χ1n) is 4.40.